The molecule has 0 aliphatic heterocycles. The Morgan fingerprint density at radius 2 is 2.14 bits per heavy atom. The maximum atomic E-state index is 11.9. The van der Waals surface area contributed by atoms with E-state index in [4.69, 9.17) is 9.84 Å². The van der Waals surface area contributed by atoms with Crippen LogP contribution < -0.4 is 10.1 Å². The minimum absolute atomic E-state index is 0.109. The molecule has 7 heteroatoms. The zero-order valence-corrected chi connectivity index (χ0v) is 12.0. The van der Waals surface area contributed by atoms with E-state index in [0.717, 1.165) is 25.7 Å². The Morgan fingerprint density at radius 3 is 2.86 bits per heavy atom. The van der Waals surface area contributed by atoms with Crippen molar-refractivity contribution in [2.45, 2.75) is 31.7 Å². The van der Waals surface area contributed by atoms with Gasteiger partial charge in [-0.05, 0) is 25.0 Å². The number of carbonyl (C=O) groups excluding carboxylic acids is 1. The number of rotatable bonds is 5. The van der Waals surface area contributed by atoms with Crippen LogP contribution in [0.25, 0.3) is 10.9 Å². The van der Waals surface area contributed by atoms with E-state index in [2.05, 4.69) is 15.5 Å². The molecule has 0 atom stereocenters. The third-order valence-corrected chi connectivity index (χ3v) is 3.83. The van der Waals surface area contributed by atoms with Crippen molar-refractivity contribution in [1.82, 2.24) is 15.5 Å². The van der Waals surface area contributed by atoms with E-state index in [0.29, 0.717) is 16.7 Å². The number of nitrogens with one attached hydrogen (secondary N) is 2. The highest BCUT2D eigenvalue weighted by molar-refractivity contribution is 6.03. The standard InChI is InChI=1S/C15H17N3O4/c19-12(16-9-4-1-2-5-9)8-22-11-7-3-6-10-13(11)14(15(20)21)18-17-10/h3,6-7,9H,1-2,4-5,8H2,(H,16,19)(H,17,18)(H,20,21). The van der Waals surface area contributed by atoms with E-state index in [-0.39, 0.29) is 24.2 Å². The first kappa shape index (κ1) is 14.4. The molecule has 22 heavy (non-hydrogen) atoms. The molecule has 3 rings (SSSR count). The molecule has 1 aromatic carbocycles. The van der Waals surface area contributed by atoms with Crippen LogP contribution in [0.1, 0.15) is 36.2 Å². The average molecular weight is 303 g/mol. The second kappa shape index (κ2) is 6.05. The van der Waals surface area contributed by atoms with Crippen molar-refractivity contribution in [2.24, 2.45) is 0 Å². The molecule has 1 amide bonds. The van der Waals surface area contributed by atoms with Gasteiger partial charge in [0.15, 0.2) is 12.3 Å². The van der Waals surface area contributed by atoms with Crippen LogP contribution in [0.4, 0.5) is 0 Å². The number of carboxylic acids is 1. The van der Waals surface area contributed by atoms with E-state index in [1.807, 2.05) is 0 Å². The van der Waals surface area contributed by atoms with Gasteiger partial charge in [-0.2, -0.15) is 5.10 Å². The summed E-state index contributed by atoms with van der Waals surface area (Å²) in [5.41, 5.74) is 0.452. The third-order valence-electron chi connectivity index (χ3n) is 3.83. The number of aromatic nitrogens is 2. The number of amides is 1. The third kappa shape index (κ3) is 2.88. The minimum atomic E-state index is -1.14. The number of hydrogen-bond acceptors (Lipinski definition) is 4. The van der Waals surface area contributed by atoms with E-state index in [1.165, 1.54) is 0 Å². The summed E-state index contributed by atoms with van der Waals surface area (Å²) in [6.45, 7) is -0.139. The van der Waals surface area contributed by atoms with Crippen molar-refractivity contribution >= 4 is 22.8 Å². The molecule has 1 saturated carbocycles. The average Bonchev–Trinajstić information content (AvgIpc) is 3.13. The first-order valence-corrected chi connectivity index (χ1v) is 7.27. The van der Waals surface area contributed by atoms with Crippen molar-refractivity contribution in [2.75, 3.05) is 6.61 Å². The van der Waals surface area contributed by atoms with Crippen LogP contribution in [0, 0.1) is 0 Å². The van der Waals surface area contributed by atoms with Gasteiger partial charge in [0.05, 0.1) is 10.9 Å². The van der Waals surface area contributed by atoms with Gasteiger partial charge in [0.25, 0.3) is 5.91 Å². The predicted octanol–water partition coefficient (Wildman–Crippen LogP) is 1.70. The molecule has 0 saturated heterocycles. The van der Waals surface area contributed by atoms with Gasteiger partial charge in [0.2, 0.25) is 0 Å². The van der Waals surface area contributed by atoms with E-state index in [9.17, 15) is 9.59 Å². The van der Waals surface area contributed by atoms with Crippen LogP contribution in [-0.2, 0) is 4.79 Å². The fourth-order valence-corrected chi connectivity index (χ4v) is 2.80. The lowest BCUT2D eigenvalue weighted by atomic mass is 10.2. The normalized spacial score (nSPS) is 15.1. The lowest BCUT2D eigenvalue weighted by Gasteiger charge is -2.13. The molecule has 1 aromatic heterocycles. The number of aromatic amines is 1. The highest BCUT2D eigenvalue weighted by atomic mass is 16.5. The van der Waals surface area contributed by atoms with Gasteiger partial charge in [0, 0.05) is 6.04 Å². The highest BCUT2D eigenvalue weighted by Crippen LogP contribution is 2.27. The zero-order chi connectivity index (χ0) is 15.5. The maximum absolute atomic E-state index is 11.9. The Hall–Kier alpha value is -2.57. The molecule has 0 bridgehead atoms. The molecule has 2 aromatic rings. The molecular weight excluding hydrogens is 286 g/mol. The highest BCUT2D eigenvalue weighted by Gasteiger charge is 2.19. The van der Waals surface area contributed by atoms with Crippen LogP contribution >= 0.6 is 0 Å². The number of nitrogens with zero attached hydrogens (tertiary/aromatic N) is 1. The van der Waals surface area contributed by atoms with Gasteiger partial charge in [-0.3, -0.25) is 9.89 Å². The summed E-state index contributed by atoms with van der Waals surface area (Å²) >= 11 is 0. The first-order valence-electron chi connectivity index (χ1n) is 7.27. The number of H-pyrrole nitrogens is 1. The molecule has 0 spiro atoms. The summed E-state index contributed by atoms with van der Waals surface area (Å²) in [5.74, 6) is -0.993. The van der Waals surface area contributed by atoms with Gasteiger partial charge in [0.1, 0.15) is 5.75 Å². The van der Waals surface area contributed by atoms with Gasteiger partial charge in [-0.25, -0.2) is 4.79 Å². The summed E-state index contributed by atoms with van der Waals surface area (Å²) in [6.07, 6.45) is 4.29. The molecule has 1 aliphatic carbocycles. The number of carbonyl (C=O) groups is 2. The van der Waals surface area contributed by atoms with Crippen molar-refractivity contribution in [3.8, 4) is 5.75 Å². The SMILES string of the molecule is O=C(COc1cccc2[nH]nc(C(=O)O)c12)NC1CCCC1. The molecule has 1 fully saturated rings. The number of fused-ring (bicyclic) bond motifs is 1. The molecule has 0 unspecified atom stereocenters. The molecular formula is C15H17N3O4. The number of aromatic carboxylic acids is 1. The Bertz CT molecular complexity index is 704. The smallest absolute Gasteiger partial charge is 0.357 e. The van der Waals surface area contributed by atoms with Crippen LogP contribution in [0.15, 0.2) is 18.2 Å². The van der Waals surface area contributed by atoms with Crippen molar-refractivity contribution in [3.05, 3.63) is 23.9 Å². The summed E-state index contributed by atoms with van der Waals surface area (Å²) in [4.78, 5) is 23.1. The summed E-state index contributed by atoms with van der Waals surface area (Å²) in [5, 5.41) is 18.9. The fraction of sp³-hybridized carbons (Fsp3) is 0.400. The van der Waals surface area contributed by atoms with Crippen LogP contribution in [-0.4, -0.2) is 39.8 Å². The van der Waals surface area contributed by atoms with Gasteiger partial charge in [-0.1, -0.05) is 18.9 Å². The van der Waals surface area contributed by atoms with Crippen molar-refractivity contribution < 1.29 is 19.4 Å². The van der Waals surface area contributed by atoms with Crippen molar-refractivity contribution in [1.29, 1.82) is 0 Å². The van der Waals surface area contributed by atoms with Crippen LogP contribution in [0.3, 0.4) is 0 Å². The van der Waals surface area contributed by atoms with E-state index in [1.54, 1.807) is 18.2 Å². The maximum Gasteiger partial charge on any atom is 0.357 e. The number of benzene rings is 1. The van der Waals surface area contributed by atoms with E-state index < -0.39 is 5.97 Å². The second-order valence-corrected chi connectivity index (χ2v) is 5.39. The minimum Gasteiger partial charge on any atom is -0.483 e. The number of hydrogen-bond donors (Lipinski definition) is 3. The van der Waals surface area contributed by atoms with Crippen LogP contribution in [0.2, 0.25) is 0 Å². The molecule has 1 heterocycles. The summed E-state index contributed by atoms with van der Waals surface area (Å²) in [7, 11) is 0. The first-order chi connectivity index (χ1) is 10.6. The molecule has 3 N–H and O–H groups in total. The van der Waals surface area contributed by atoms with Gasteiger partial charge in [-0.15, -0.1) is 0 Å². The molecule has 0 radical (unpaired) electrons. The quantitative estimate of drug-likeness (QED) is 0.780. The monoisotopic (exact) mass is 303 g/mol. The van der Waals surface area contributed by atoms with Crippen molar-refractivity contribution in [3.63, 3.8) is 0 Å². The molecule has 7 nitrogen and oxygen atoms in total. The lowest BCUT2D eigenvalue weighted by Crippen LogP contribution is -2.36. The second-order valence-electron chi connectivity index (χ2n) is 5.39. The molecule has 116 valence electrons. The van der Waals surface area contributed by atoms with Crippen LogP contribution in [0.5, 0.6) is 5.75 Å². The summed E-state index contributed by atoms with van der Waals surface area (Å²) in [6, 6.07) is 5.29. The summed E-state index contributed by atoms with van der Waals surface area (Å²) < 4.78 is 5.51. The zero-order valence-electron chi connectivity index (χ0n) is 12.0. The Morgan fingerprint density at radius 1 is 1.36 bits per heavy atom. The number of carboxylic acid groups (broad SMARTS) is 1. The number of ether oxygens (including phenoxy) is 1. The van der Waals surface area contributed by atoms with Gasteiger partial charge >= 0.3 is 5.97 Å². The Balaban J connectivity index is 1.72. The molecule has 1 aliphatic rings. The lowest BCUT2D eigenvalue weighted by molar-refractivity contribution is -0.123. The predicted molar refractivity (Wildman–Crippen MR) is 78.9 cm³/mol. The topological polar surface area (TPSA) is 104 Å². The fourth-order valence-electron chi connectivity index (χ4n) is 2.80. The Kier molecular flexibility index (Phi) is 3.95. The Labute approximate surface area is 126 Å². The van der Waals surface area contributed by atoms with Gasteiger partial charge < -0.3 is 15.2 Å². The van der Waals surface area contributed by atoms with E-state index >= 15 is 0 Å². The largest absolute Gasteiger partial charge is 0.483 e.